The molecule has 0 amide bonds. The van der Waals surface area contributed by atoms with Crippen molar-refractivity contribution in [1.82, 2.24) is 0 Å². The lowest BCUT2D eigenvalue weighted by Gasteiger charge is -2.17. The Balaban J connectivity index is 2.18. The summed E-state index contributed by atoms with van der Waals surface area (Å²) in [6.07, 6.45) is 0. The Kier molecular flexibility index (Phi) is 5.38. The van der Waals surface area contributed by atoms with Crippen LogP contribution in [0.4, 0.5) is 14.5 Å². The van der Waals surface area contributed by atoms with E-state index in [1.807, 2.05) is 19.1 Å². The summed E-state index contributed by atoms with van der Waals surface area (Å²) >= 11 is 0. The van der Waals surface area contributed by atoms with Crippen molar-refractivity contribution in [3.63, 3.8) is 0 Å². The predicted molar refractivity (Wildman–Crippen MR) is 81.3 cm³/mol. The molecule has 0 radical (unpaired) electrons. The fourth-order valence-electron chi connectivity index (χ4n) is 2.05. The number of nitrogens with one attached hydrogen (secondary N) is 1. The number of methoxy groups -OCH3 is 1. The lowest BCUT2D eigenvalue weighted by molar-refractivity contribution is 0.178. The third-order valence-electron chi connectivity index (χ3n) is 3.20. The normalized spacial score (nSPS) is 13.3. The van der Waals surface area contributed by atoms with Crippen LogP contribution in [0.25, 0.3) is 0 Å². The van der Waals surface area contributed by atoms with Crippen LogP contribution in [0.1, 0.15) is 17.6 Å². The summed E-state index contributed by atoms with van der Waals surface area (Å²) in [5.74, 6) is -2.02. The van der Waals surface area contributed by atoms with Crippen molar-refractivity contribution in [2.24, 2.45) is 0 Å². The highest BCUT2D eigenvalue weighted by Crippen LogP contribution is 2.24. The Morgan fingerprint density at radius 3 is 2.30 bits per heavy atom. The zero-order valence-electron chi connectivity index (χ0n) is 12.6. The molecule has 0 bridgehead atoms. The monoisotopic (exact) mass is 345 g/mol. The Bertz CT molecular complexity index is 741. The van der Waals surface area contributed by atoms with E-state index in [2.05, 4.69) is 5.32 Å². The topological polar surface area (TPSA) is 68.5 Å². The molecule has 5 nitrogen and oxygen atoms in total. The molecule has 0 saturated heterocycles. The molecule has 0 saturated carbocycles. The van der Waals surface area contributed by atoms with Crippen molar-refractivity contribution < 1.29 is 26.4 Å². The van der Waals surface area contributed by atoms with E-state index in [4.69, 9.17) is 9.15 Å². The average Bonchev–Trinajstić information content (AvgIpc) is 2.94. The van der Waals surface area contributed by atoms with Crippen LogP contribution in [0.3, 0.4) is 0 Å². The van der Waals surface area contributed by atoms with Gasteiger partial charge in [-0.05, 0) is 43.3 Å². The molecule has 23 heavy (non-hydrogen) atoms. The first-order chi connectivity index (χ1) is 10.8. The van der Waals surface area contributed by atoms with Gasteiger partial charge < -0.3 is 14.5 Å². The molecule has 0 spiro atoms. The van der Waals surface area contributed by atoms with Crippen molar-refractivity contribution in [2.75, 3.05) is 19.0 Å². The minimum atomic E-state index is -4.59. The smallest absolute Gasteiger partial charge is 0.341 e. The van der Waals surface area contributed by atoms with E-state index in [1.165, 1.54) is 12.1 Å². The third-order valence-corrected chi connectivity index (χ3v) is 4.59. The maximum absolute atomic E-state index is 12.5. The van der Waals surface area contributed by atoms with Gasteiger partial charge in [0.1, 0.15) is 17.6 Å². The first kappa shape index (κ1) is 17.4. The van der Waals surface area contributed by atoms with Gasteiger partial charge in [0.15, 0.2) is 0 Å². The van der Waals surface area contributed by atoms with Crippen molar-refractivity contribution in [2.45, 2.75) is 23.6 Å². The molecule has 8 heteroatoms. The van der Waals surface area contributed by atoms with Crippen LogP contribution in [0.5, 0.6) is 0 Å². The molecule has 1 N–H and O–H groups in total. The SMILES string of the molecule is COC[C@H](Nc1ccc(S(=O)(=O)C(F)F)cc1)c1ccc(C)o1. The number of halogens is 2. The number of benzene rings is 1. The first-order valence-electron chi connectivity index (χ1n) is 6.78. The number of furan rings is 1. The zero-order chi connectivity index (χ0) is 17.0. The molecule has 2 rings (SSSR count). The van der Waals surface area contributed by atoms with Crippen LogP contribution >= 0.6 is 0 Å². The van der Waals surface area contributed by atoms with E-state index >= 15 is 0 Å². The Hall–Kier alpha value is -1.93. The molecule has 2 aromatic rings. The first-order valence-corrected chi connectivity index (χ1v) is 8.33. The summed E-state index contributed by atoms with van der Waals surface area (Å²) in [6, 6.07) is 8.47. The van der Waals surface area contributed by atoms with Gasteiger partial charge in [0.05, 0.1) is 11.5 Å². The highest BCUT2D eigenvalue weighted by Gasteiger charge is 2.26. The minimum Gasteiger partial charge on any atom is -0.464 e. The zero-order valence-corrected chi connectivity index (χ0v) is 13.4. The van der Waals surface area contributed by atoms with Gasteiger partial charge in [0.2, 0.25) is 9.84 Å². The molecule has 126 valence electrons. The molecule has 0 aliphatic heterocycles. The standard InChI is InChI=1S/C15H17F2NO4S/c1-10-3-8-14(22-10)13(9-21-2)18-11-4-6-12(7-5-11)23(19,20)15(16)17/h3-8,13,15,18H,9H2,1-2H3/t13-/m0/s1. The highest BCUT2D eigenvalue weighted by atomic mass is 32.2. The van der Waals surface area contributed by atoms with E-state index in [9.17, 15) is 17.2 Å². The Labute approximate surface area is 133 Å². The maximum atomic E-state index is 12.5. The summed E-state index contributed by atoms with van der Waals surface area (Å²) < 4.78 is 58.4. The second-order valence-corrected chi connectivity index (χ2v) is 6.85. The lowest BCUT2D eigenvalue weighted by Crippen LogP contribution is -2.16. The summed E-state index contributed by atoms with van der Waals surface area (Å²) in [5.41, 5.74) is 0.564. The number of sulfone groups is 1. The molecule has 0 unspecified atom stereocenters. The second-order valence-electron chi connectivity index (χ2n) is 4.93. The van der Waals surface area contributed by atoms with Gasteiger partial charge >= 0.3 is 5.76 Å². The van der Waals surface area contributed by atoms with Gasteiger partial charge in [-0.25, -0.2) is 8.42 Å². The van der Waals surface area contributed by atoms with Crippen LogP contribution in [0.2, 0.25) is 0 Å². The third kappa shape index (κ3) is 4.08. The van der Waals surface area contributed by atoms with Crippen LogP contribution in [0.15, 0.2) is 45.7 Å². The highest BCUT2D eigenvalue weighted by molar-refractivity contribution is 7.91. The van der Waals surface area contributed by atoms with Crippen molar-refractivity contribution in [3.8, 4) is 0 Å². The van der Waals surface area contributed by atoms with Crippen molar-refractivity contribution >= 4 is 15.5 Å². The molecule has 0 fully saturated rings. The predicted octanol–water partition coefficient (Wildman–Crippen LogP) is 3.38. The number of aryl methyl sites for hydroxylation is 1. The summed E-state index contributed by atoms with van der Waals surface area (Å²) in [4.78, 5) is -0.421. The van der Waals surface area contributed by atoms with Gasteiger partial charge in [-0.3, -0.25) is 0 Å². The van der Waals surface area contributed by atoms with Gasteiger partial charge in [-0.1, -0.05) is 0 Å². The van der Waals surface area contributed by atoms with E-state index in [1.54, 1.807) is 7.11 Å². The molecule has 0 aliphatic rings. The molecule has 1 aromatic carbocycles. The number of ether oxygens (including phenoxy) is 1. The minimum absolute atomic E-state index is 0.286. The molecular weight excluding hydrogens is 328 g/mol. The van der Waals surface area contributed by atoms with Crippen LogP contribution in [-0.2, 0) is 14.6 Å². The fraction of sp³-hybridized carbons (Fsp3) is 0.333. The van der Waals surface area contributed by atoms with E-state index in [0.717, 1.165) is 17.9 Å². The van der Waals surface area contributed by atoms with E-state index in [0.29, 0.717) is 18.1 Å². The van der Waals surface area contributed by atoms with Gasteiger partial charge in [0.25, 0.3) is 0 Å². The molecule has 0 aliphatic carbocycles. The van der Waals surface area contributed by atoms with Crippen LogP contribution in [-0.4, -0.2) is 27.9 Å². The Morgan fingerprint density at radius 2 is 1.83 bits per heavy atom. The van der Waals surface area contributed by atoms with Gasteiger partial charge in [-0.2, -0.15) is 8.78 Å². The van der Waals surface area contributed by atoms with Crippen LogP contribution in [0, 0.1) is 6.92 Å². The molecule has 1 atom stereocenters. The van der Waals surface area contributed by atoms with Crippen LogP contribution < -0.4 is 5.32 Å². The summed E-state index contributed by atoms with van der Waals surface area (Å²) in [6.45, 7) is 2.14. The Morgan fingerprint density at radius 1 is 1.17 bits per heavy atom. The second kappa shape index (κ2) is 7.10. The number of hydrogen-bond acceptors (Lipinski definition) is 5. The number of alkyl halides is 2. The number of anilines is 1. The van der Waals surface area contributed by atoms with E-state index in [-0.39, 0.29) is 6.04 Å². The van der Waals surface area contributed by atoms with Gasteiger partial charge in [0, 0.05) is 12.8 Å². The lowest BCUT2D eigenvalue weighted by atomic mass is 10.2. The van der Waals surface area contributed by atoms with Gasteiger partial charge in [-0.15, -0.1) is 0 Å². The number of hydrogen-bond donors (Lipinski definition) is 1. The maximum Gasteiger partial charge on any atom is 0.341 e. The average molecular weight is 345 g/mol. The molecule has 1 heterocycles. The quantitative estimate of drug-likeness (QED) is 0.833. The van der Waals surface area contributed by atoms with Crippen molar-refractivity contribution in [1.29, 1.82) is 0 Å². The summed E-state index contributed by atoms with van der Waals surface area (Å²) in [7, 11) is -3.04. The largest absolute Gasteiger partial charge is 0.464 e. The molecule has 1 aromatic heterocycles. The van der Waals surface area contributed by atoms with Crippen molar-refractivity contribution in [3.05, 3.63) is 47.9 Å². The molecular formula is C15H17F2NO4S. The van der Waals surface area contributed by atoms with E-state index < -0.39 is 20.5 Å². The number of rotatable bonds is 7. The fourth-order valence-corrected chi connectivity index (χ4v) is 2.77. The summed E-state index contributed by atoms with van der Waals surface area (Å²) in [5, 5.41) is 3.12.